The van der Waals surface area contributed by atoms with E-state index < -0.39 is 23.8 Å². The van der Waals surface area contributed by atoms with Crippen molar-refractivity contribution in [3.8, 4) is 0 Å². The van der Waals surface area contributed by atoms with Crippen LogP contribution in [0.4, 0.5) is 13.2 Å². The molecule has 0 aliphatic carbocycles. The number of halogens is 3. The average molecular weight is 260 g/mol. The van der Waals surface area contributed by atoms with Crippen LogP contribution in [-0.4, -0.2) is 11.5 Å². The van der Waals surface area contributed by atoms with Gasteiger partial charge in [0.15, 0.2) is 0 Å². The fourth-order valence-corrected chi connectivity index (χ4v) is 2.39. The standard InChI is InChI=1S/C14H19F3O/c1-3-9-14(18,12(4-2)13(16)17)10-5-7-11(15)8-6-10/h5-8,12-13,18H,3-4,9H2,1-2H3. The largest absolute Gasteiger partial charge is 0.385 e. The Balaban J connectivity index is 3.16. The maximum atomic E-state index is 13.0. The SMILES string of the molecule is CCCC(O)(c1ccc(F)cc1)C(CC)C(F)F. The zero-order valence-electron chi connectivity index (χ0n) is 10.7. The van der Waals surface area contributed by atoms with Gasteiger partial charge in [-0.3, -0.25) is 0 Å². The van der Waals surface area contributed by atoms with Crippen molar-refractivity contribution in [2.45, 2.75) is 45.1 Å². The molecular weight excluding hydrogens is 241 g/mol. The lowest BCUT2D eigenvalue weighted by Crippen LogP contribution is -2.39. The first-order chi connectivity index (χ1) is 8.45. The van der Waals surface area contributed by atoms with E-state index in [2.05, 4.69) is 0 Å². The van der Waals surface area contributed by atoms with Gasteiger partial charge < -0.3 is 5.11 Å². The van der Waals surface area contributed by atoms with E-state index in [9.17, 15) is 18.3 Å². The molecule has 0 radical (unpaired) electrons. The number of rotatable bonds is 6. The smallest absolute Gasteiger partial charge is 0.244 e. The van der Waals surface area contributed by atoms with Gasteiger partial charge in [0.25, 0.3) is 0 Å². The first kappa shape index (κ1) is 15.0. The Hall–Kier alpha value is -1.03. The molecule has 0 saturated carbocycles. The lowest BCUT2D eigenvalue weighted by atomic mass is 9.77. The van der Waals surface area contributed by atoms with E-state index in [-0.39, 0.29) is 12.8 Å². The molecule has 0 heterocycles. The summed E-state index contributed by atoms with van der Waals surface area (Å²) in [6.07, 6.45) is -1.61. The molecule has 0 bridgehead atoms. The van der Waals surface area contributed by atoms with Gasteiger partial charge in [0, 0.05) is 0 Å². The van der Waals surface area contributed by atoms with E-state index in [0.717, 1.165) is 0 Å². The second kappa shape index (κ2) is 6.23. The fraction of sp³-hybridized carbons (Fsp3) is 0.571. The van der Waals surface area contributed by atoms with E-state index in [0.29, 0.717) is 12.0 Å². The number of hydrogen-bond acceptors (Lipinski definition) is 1. The van der Waals surface area contributed by atoms with Crippen LogP contribution in [0.15, 0.2) is 24.3 Å². The van der Waals surface area contributed by atoms with Gasteiger partial charge in [0.1, 0.15) is 5.82 Å². The van der Waals surface area contributed by atoms with Gasteiger partial charge in [0.05, 0.1) is 11.5 Å². The summed E-state index contributed by atoms with van der Waals surface area (Å²) in [5.41, 5.74) is -1.23. The molecule has 1 N–H and O–H groups in total. The van der Waals surface area contributed by atoms with Gasteiger partial charge in [-0.05, 0) is 30.5 Å². The highest BCUT2D eigenvalue weighted by Gasteiger charge is 2.41. The molecule has 0 fully saturated rings. The van der Waals surface area contributed by atoms with Gasteiger partial charge in [-0.2, -0.15) is 0 Å². The molecule has 2 atom stereocenters. The molecule has 0 spiro atoms. The molecule has 0 aliphatic heterocycles. The first-order valence-corrected chi connectivity index (χ1v) is 6.22. The van der Waals surface area contributed by atoms with Crippen LogP contribution in [0.1, 0.15) is 38.7 Å². The lowest BCUT2D eigenvalue weighted by Gasteiger charge is -2.36. The summed E-state index contributed by atoms with van der Waals surface area (Å²) in [5, 5.41) is 10.6. The van der Waals surface area contributed by atoms with Crippen molar-refractivity contribution in [1.82, 2.24) is 0 Å². The highest BCUT2D eigenvalue weighted by Crippen LogP contribution is 2.39. The molecular formula is C14H19F3O. The quantitative estimate of drug-likeness (QED) is 0.816. The third kappa shape index (κ3) is 3.05. The number of aliphatic hydroxyl groups is 1. The third-order valence-electron chi connectivity index (χ3n) is 3.33. The predicted octanol–water partition coefficient (Wildman–Crippen LogP) is 4.10. The molecule has 102 valence electrons. The Morgan fingerprint density at radius 3 is 2.11 bits per heavy atom. The minimum absolute atomic E-state index is 0.172. The second-order valence-electron chi connectivity index (χ2n) is 4.53. The molecule has 1 aromatic carbocycles. The summed E-state index contributed by atoms with van der Waals surface area (Å²) in [5.74, 6) is -1.58. The fourth-order valence-electron chi connectivity index (χ4n) is 2.39. The molecule has 1 rings (SSSR count). The van der Waals surface area contributed by atoms with E-state index in [1.807, 2.05) is 6.92 Å². The van der Waals surface area contributed by atoms with Crippen molar-refractivity contribution in [1.29, 1.82) is 0 Å². The minimum Gasteiger partial charge on any atom is -0.385 e. The molecule has 0 saturated heterocycles. The topological polar surface area (TPSA) is 20.2 Å². The molecule has 4 heteroatoms. The maximum Gasteiger partial charge on any atom is 0.244 e. The van der Waals surface area contributed by atoms with E-state index in [4.69, 9.17) is 0 Å². The number of hydrogen-bond donors (Lipinski definition) is 1. The average Bonchev–Trinajstić information content (AvgIpc) is 2.30. The van der Waals surface area contributed by atoms with Crippen molar-refractivity contribution in [3.05, 3.63) is 35.6 Å². The van der Waals surface area contributed by atoms with Crippen LogP contribution in [0, 0.1) is 11.7 Å². The maximum absolute atomic E-state index is 13.0. The van der Waals surface area contributed by atoms with Crippen molar-refractivity contribution in [3.63, 3.8) is 0 Å². The minimum atomic E-state index is -2.60. The lowest BCUT2D eigenvalue weighted by molar-refractivity contribution is -0.0975. The van der Waals surface area contributed by atoms with Crippen LogP contribution < -0.4 is 0 Å². The molecule has 0 amide bonds. The van der Waals surface area contributed by atoms with Crippen molar-refractivity contribution >= 4 is 0 Å². The molecule has 2 unspecified atom stereocenters. The van der Waals surface area contributed by atoms with Crippen LogP contribution in [0.2, 0.25) is 0 Å². The Labute approximate surface area is 106 Å². The molecule has 1 aromatic rings. The Bertz CT molecular complexity index is 364. The van der Waals surface area contributed by atoms with Crippen LogP contribution in [0.25, 0.3) is 0 Å². The Morgan fingerprint density at radius 1 is 1.17 bits per heavy atom. The summed E-state index contributed by atoms with van der Waals surface area (Å²) in [4.78, 5) is 0. The Morgan fingerprint density at radius 2 is 1.72 bits per heavy atom. The van der Waals surface area contributed by atoms with Gasteiger partial charge in [-0.15, -0.1) is 0 Å². The zero-order chi connectivity index (χ0) is 13.8. The van der Waals surface area contributed by atoms with Crippen molar-refractivity contribution < 1.29 is 18.3 Å². The molecule has 0 aromatic heterocycles. The molecule has 18 heavy (non-hydrogen) atoms. The summed E-state index contributed by atoms with van der Waals surface area (Å²) < 4.78 is 39.0. The summed E-state index contributed by atoms with van der Waals surface area (Å²) in [7, 11) is 0. The van der Waals surface area contributed by atoms with Crippen LogP contribution >= 0.6 is 0 Å². The number of benzene rings is 1. The van der Waals surface area contributed by atoms with Gasteiger partial charge in [0.2, 0.25) is 6.43 Å². The second-order valence-corrected chi connectivity index (χ2v) is 4.53. The van der Waals surface area contributed by atoms with E-state index in [1.54, 1.807) is 6.92 Å². The number of alkyl halides is 2. The highest BCUT2D eigenvalue weighted by molar-refractivity contribution is 5.24. The molecule has 0 aliphatic rings. The first-order valence-electron chi connectivity index (χ1n) is 6.22. The van der Waals surface area contributed by atoms with Gasteiger partial charge in [-0.25, -0.2) is 13.2 Å². The van der Waals surface area contributed by atoms with Crippen LogP contribution in [-0.2, 0) is 5.60 Å². The van der Waals surface area contributed by atoms with Crippen molar-refractivity contribution in [2.75, 3.05) is 0 Å². The van der Waals surface area contributed by atoms with Gasteiger partial charge in [-0.1, -0.05) is 32.4 Å². The Kier molecular flexibility index (Phi) is 5.20. The third-order valence-corrected chi connectivity index (χ3v) is 3.33. The van der Waals surface area contributed by atoms with Crippen molar-refractivity contribution in [2.24, 2.45) is 5.92 Å². The van der Waals surface area contributed by atoms with Crippen LogP contribution in [0.5, 0.6) is 0 Å². The molecule has 1 nitrogen and oxygen atoms in total. The van der Waals surface area contributed by atoms with E-state index >= 15 is 0 Å². The summed E-state index contributed by atoms with van der Waals surface area (Å²) in [6, 6.07) is 5.15. The monoisotopic (exact) mass is 260 g/mol. The zero-order valence-corrected chi connectivity index (χ0v) is 10.7. The normalized spacial score (nSPS) is 16.6. The van der Waals surface area contributed by atoms with Gasteiger partial charge >= 0.3 is 0 Å². The predicted molar refractivity (Wildman–Crippen MR) is 65.0 cm³/mol. The highest BCUT2D eigenvalue weighted by atomic mass is 19.3. The summed E-state index contributed by atoms with van der Waals surface area (Å²) >= 11 is 0. The van der Waals surface area contributed by atoms with Crippen LogP contribution in [0.3, 0.4) is 0 Å². The van der Waals surface area contributed by atoms with E-state index in [1.165, 1.54) is 24.3 Å². The summed E-state index contributed by atoms with van der Waals surface area (Å²) in [6.45, 7) is 3.45.